The van der Waals surface area contributed by atoms with E-state index in [0.29, 0.717) is 22.4 Å². The van der Waals surface area contributed by atoms with E-state index in [1.807, 2.05) is 0 Å². The second-order valence-electron chi connectivity index (χ2n) is 8.53. The van der Waals surface area contributed by atoms with Gasteiger partial charge in [-0.25, -0.2) is 13.2 Å². The second kappa shape index (κ2) is 8.97. The Morgan fingerprint density at radius 1 is 1.03 bits per heavy atom. The van der Waals surface area contributed by atoms with Gasteiger partial charge in [-0.1, -0.05) is 25.0 Å². The van der Waals surface area contributed by atoms with Gasteiger partial charge in [-0.15, -0.1) is 0 Å². The van der Waals surface area contributed by atoms with Gasteiger partial charge in [0.2, 0.25) is 11.8 Å². The Kier molecular flexibility index (Phi) is 6.25. The summed E-state index contributed by atoms with van der Waals surface area (Å²) in [5.41, 5.74) is 1.70. The highest BCUT2D eigenvalue weighted by molar-refractivity contribution is 7.92. The molecule has 33 heavy (non-hydrogen) atoms. The zero-order valence-corrected chi connectivity index (χ0v) is 19.4. The van der Waals surface area contributed by atoms with Gasteiger partial charge in [0.05, 0.1) is 35.9 Å². The Bertz CT molecular complexity index is 1180. The quantitative estimate of drug-likeness (QED) is 0.513. The van der Waals surface area contributed by atoms with Crippen LogP contribution in [0.5, 0.6) is 0 Å². The number of nitrogens with zero attached hydrogens (tertiary/aromatic N) is 1. The Morgan fingerprint density at radius 2 is 1.64 bits per heavy atom. The number of ether oxygens (including phenoxy) is 1. The summed E-state index contributed by atoms with van der Waals surface area (Å²) in [5, 5.41) is 0. The van der Waals surface area contributed by atoms with Crippen molar-refractivity contribution in [2.24, 2.45) is 11.8 Å². The van der Waals surface area contributed by atoms with Crippen LogP contribution in [0.4, 0.5) is 5.69 Å². The lowest BCUT2D eigenvalue weighted by molar-refractivity contribution is -0.140. The highest BCUT2D eigenvalue weighted by Crippen LogP contribution is 2.38. The number of esters is 1. The first-order chi connectivity index (χ1) is 15.7. The summed E-state index contributed by atoms with van der Waals surface area (Å²) < 4.78 is 33.3. The summed E-state index contributed by atoms with van der Waals surface area (Å²) in [7, 11) is -2.67. The molecule has 8 nitrogen and oxygen atoms in total. The molecule has 2 amide bonds. The molecular formula is C24H26N2O6S. The molecule has 2 aromatic rings. The Balaban J connectivity index is 1.55. The lowest BCUT2D eigenvalue weighted by atomic mass is 9.81. The smallest absolute Gasteiger partial charge is 0.337 e. The monoisotopic (exact) mass is 470 g/mol. The molecule has 2 fully saturated rings. The van der Waals surface area contributed by atoms with Crippen LogP contribution in [0.3, 0.4) is 0 Å². The maximum absolute atomic E-state index is 13.1. The number of aryl methyl sites for hydroxylation is 1. The number of carbonyl (C=O) groups excluding carboxylic acids is 3. The molecule has 1 saturated carbocycles. The average molecular weight is 471 g/mol. The first-order valence-electron chi connectivity index (χ1n) is 10.9. The number of nitrogens with one attached hydrogen (secondary N) is 1. The van der Waals surface area contributed by atoms with Crippen molar-refractivity contribution in [3.05, 3.63) is 59.2 Å². The van der Waals surface area contributed by atoms with Gasteiger partial charge in [-0.05, 0) is 61.2 Å². The van der Waals surface area contributed by atoms with Crippen LogP contribution in [0.15, 0.2) is 47.4 Å². The van der Waals surface area contributed by atoms with Crippen LogP contribution >= 0.6 is 0 Å². The number of hydrogen-bond acceptors (Lipinski definition) is 6. The fourth-order valence-electron chi connectivity index (χ4n) is 4.60. The van der Waals surface area contributed by atoms with Gasteiger partial charge in [0, 0.05) is 5.69 Å². The standard InChI is InChI=1S/C24H26N2O6S/c1-15-7-8-16(14-26-22(27)19-5-3-4-6-20(19)23(26)28)13-21(15)33(30,31)25-18-11-9-17(10-12-18)24(29)32-2/h7-13,19-20,25H,3-6,14H2,1-2H3/t19-,20-/m0/s1. The normalized spacial score (nSPS) is 20.5. The molecule has 4 rings (SSSR count). The average Bonchev–Trinajstić information content (AvgIpc) is 3.05. The van der Waals surface area contributed by atoms with Crippen molar-refractivity contribution in [2.45, 2.75) is 44.0 Å². The predicted molar refractivity (Wildman–Crippen MR) is 121 cm³/mol. The molecule has 1 aliphatic carbocycles. The van der Waals surface area contributed by atoms with Crippen molar-refractivity contribution in [3.8, 4) is 0 Å². The van der Waals surface area contributed by atoms with E-state index < -0.39 is 16.0 Å². The molecule has 0 radical (unpaired) electrons. The zero-order valence-electron chi connectivity index (χ0n) is 18.5. The Hall–Kier alpha value is -3.20. The summed E-state index contributed by atoms with van der Waals surface area (Å²) in [4.78, 5) is 38.5. The van der Waals surface area contributed by atoms with Crippen LogP contribution in [0.2, 0.25) is 0 Å². The molecule has 0 aromatic heterocycles. The fourth-order valence-corrected chi connectivity index (χ4v) is 5.96. The molecule has 1 saturated heterocycles. The molecule has 1 N–H and O–H groups in total. The van der Waals surface area contributed by atoms with Gasteiger partial charge < -0.3 is 4.74 Å². The van der Waals surface area contributed by atoms with E-state index in [2.05, 4.69) is 9.46 Å². The van der Waals surface area contributed by atoms with Crippen molar-refractivity contribution in [1.82, 2.24) is 4.90 Å². The molecular weight excluding hydrogens is 444 g/mol. The van der Waals surface area contributed by atoms with Gasteiger partial charge in [-0.3, -0.25) is 19.2 Å². The van der Waals surface area contributed by atoms with Gasteiger partial charge in [0.15, 0.2) is 0 Å². The van der Waals surface area contributed by atoms with Crippen molar-refractivity contribution in [3.63, 3.8) is 0 Å². The number of anilines is 1. The third-order valence-corrected chi connectivity index (χ3v) is 7.90. The fraction of sp³-hybridized carbons (Fsp3) is 0.375. The molecule has 2 aliphatic rings. The maximum Gasteiger partial charge on any atom is 0.337 e. The number of likely N-dealkylation sites (tertiary alicyclic amines) is 1. The van der Waals surface area contributed by atoms with Gasteiger partial charge >= 0.3 is 5.97 Å². The Morgan fingerprint density at radius 3 is 2.21 bits per heavy atom. The molecule has 0 unspecified atom stereocenters. The first-order valence-corrected chi connectivity index (χ1v) is 12.4. The number of rotatable bonds is 6. The minimum absolute atomic E-state index is 0.0568. The largest absolute Gasteiger partial charge is 0.465 e. The highest BCUT2D eigenvalue weighted by atomic mass is 32.2. The molecule has 0 spiro atoms. The summed E-state index contributed by atoms with van der Waals surface area (Å²) in [6, 6.07) is 10.8. The third kappa shape index (κ3) is 4.50. The number of carbonyl (C=O) groups is 3. The lowest BCUT2D eigenvalue weighted by Gasteiger charge is -2.19. The topological polar surface area (TPSA) is 110 Å². The third-order valence-electron chi connectivity index (χ3n) is 6.37. The number of fused-ring (bicyclic) bond motifs is 1. The van der Waals surface area contributed by atoms with Gasteiger partial charge in [-0.2, -0.15) is 0 Å². The molecule has 2 atom stereocenters. The van der Waals surface area contributed by atoms with E-state index >= 15 is 0 Å². The van der Waals surface area contributed by atoms with E-state index in [-0.39, 0.29) is 35.1 Å². The Labute approximate surface area is 193 Å². The van der Waals surface area contributed by atoms with Crippen LogP contribution in [0.1, 0.15) is 47.2 Å². The summed E-state index contributed by atoms with van der Waals surface area (Å²) >= 11 is 0. The van der Waals surface area contributed by atoms with Crippen LogP contribution in [-0.4, -0.2) is 38.2 Å². The predicted octanol–water partition coefficient (Wildman–Crippen LogP) is 3.26. The second-order valence-corrected chi connectivity index (χ2v) is 10.2. The van der Waals surface area contributed by atoms with E-state index in [1.165, 1.54) is 42.3 Å². The van der Waals surface area contributed by atoms with E-state index in [9.17, 15) is 22.8 Å². The maximum atomic E-state index is 13.1. The van der Waals surface area contributed by atoms with Gasteiger partial charge in [0.25, 0.3) is 10.0 Å². The molecule has 174 valence electrons. The van der Waals surface area contributed by atoms with Crippen molar-refractivity contribution in [1.29, 1.82) is 0 Å². The molecule has 2 aromatic carbocycles. The number of hydrogen-bond donors (Lipinski definition) is 1. The minimum Gasteiger partial charge on any atom is -0.465 e. The molecule has 1 aliphatic heterocycles. The molecule has 1 heterocycles. The number of benzene rings is 2. The highest BCUT2D eigenvalue weighted by Gasteiger charge is 2.47. The van der Waals surface area contributed by atoms with E-state index in [4.69, 9.17) is 0 Å². The van der Waals surface area contributed by atoms with Crippen LogP contribution in [0, 0.1) is 18.8 Å². The first kappa shape index (κ1) is 23.0. The number of methoxy groups -OCH3 is 1. The summed E-state index contributed by atoms with van der Waals surface area (Å²) in [6.45, 7) is 1.74. The van der Waals surface area contributed by atoms with Crippen LogP contribution < -0.4 is 4.72 Å². The lowest BCUT2D eigenvalue weighted by Crippen LogP contribution is -2.30. The summed E-state index contributed by atoms with van der Waals surface area (Å²) in [5.74, 6) is -1.31. The van der Waals surface area contributed by atoms with Gasteiger partial charge in [0.1, 0.15) is 0 Å². The molecule has 9 heteroatoms. The summed E-state index contributed by atoms with van der Waals surface area (Å²) in [6.07, 6.45) is 3.37. The van der Waals surface area contributed by atoms with Crippen molar-refractivity contribution < 1.29 is 27.5 Å². The minimum atomic E-state index is -3.94. The number of amides is 2. The van der Waals surface area contributed by atoms with Crippen molar-refractivity contribution >= 4 is 33.5 Å². The van der Waals surface area contributed by atoms with Crippen LogP contribution in [-0.2, 0) is 30.9 Å². The zero-order chi connectivity index (χ0) is 23.8. The van der Waals surface area contributed by atoms with E-state index in [1.54, 1.807) is 19.1 Å². The number of sulfonamides is 1. The van der Waals surface area contributed by atoms with Crippen molar-refractivity contribution in [2.75, 3.05) is 11.8 Å². The van der Waals surface area contributed by atoms with E-state index in [0.717, 1.165) is 25.7 Å². The SMILES string of the molecule is COC(=O)c1ccc(NS(=O)(=O)c2cc(CN3C(=O)[C@H]4CCCC[C@@H]4C3=O)ccc2C)cc1. The number of imide groups is 1. The van der Waals surface area contributed by atoms with Crippen LogP contribution in [0.25, 0.3) is 0 Å². The molecule has 0 bridgehead atoms.